The summed E-state index contributed by atoms with van der Waals surface area (Å²) in [6.07, 6.45) is -3.51. The fourth-order valence-corrected chi connectivity index (χ4v) is 3.99. The predicted octanol–water partition coefficient (Wildman–Crippen LogP) is 6.20. The van der Waals surface area contributed by atoms with E-state index in [1.807, 2.05) is 6.92 Å². The van der Waals surface area contributed by atoms with Crippen molar-refractivity contribution < 1.29 is 32.4 Å². The Morgan fingerprint density at radius 1 is 1.05 bits per heavy atom. The van der Waals surface area contributed by atoms with Gasteiger partial charge in [-0.25, -0.2) is 0 Å². The first-order valence-corrected chi connectivity index (χ1v) is 11.4. The first-order chi connectivity index (χ1) is 17.8. The van der Waals surface area contributed by atoms with Crippen LogP contribution in [0.4, 0.5) is 24.5 Å². The first kappa shape index (κ1) is 26.8. The van der Waals surface area contributed by atoms with Crippen LogP contribution in [0.3, 0.4) is 0 Å². The van der Waals surface area contributed by atoms with Gasteiger partial charge in [-0.2, -0.15) is 13.2 Å². The van der Waals surface area contributed by atoms with Crippen LogP contribution in [0.15, 0.2) is 66.2 Å². The fraction of sp³-hybridized carbons (Fsp3) is 0.0800. The Morgan fingerprint density at radius 2 is 1.71 bits per heavy atom. The summed E-state index contributed by atoms with van der Waals surface area (Å²) in [4.78, 5) is 37.1. The van der Waals surface area contributed by atoms with Gasteiger partial charge in [0.2, 0.25) is 5.75 Å². The number of rotatable bonds is 5. The van der Waals surface area contributed by atoms with Gasteiger partial charge >= 0.3 is 11.9 Å². The lowest BCUT2D eigenvalue weighted by Gasteiger charge is -2.29. The van der Waals surface area contributed by atoms with Crippen molar-refractivity contribution >= 4 is 58.2 Å². The highest BCUT2D eigenvalue weighted by Gasteiger charge is 2.35. The zero-order chi connectivity index (χ0) is 27.8. The van der Waals surface area contributed by atoms with E-state index < -0.39 is 39.9 Å². The minimum atomic E-state index is -4.78. The van der Waals surface area contributed by atoms with Crippen molar-refractivity contribution in [2.45, 2.75) is 13.1 Å². The number of nitrogens with one attached hydrogen (secondary N) is 1. The molecule has 194 valence electrons. The van der Waals surface area contributed by atoms with Crippen LogP contribution < -0.4 is 15.0 Å². The minimum Gasteiger partial charge on any atom is -0.449 e. The molecule has 0 atom stereocenters. The lowest BCUT2D eigenvalue weighted by atomic mass is 10.1. The van der Waals surface area contributed by atoms with E-state index in [2.05, 4.69) is 5.32 Å². The van der Waals surface area contributed by atoms with Crippen molar-refractivity contribution in [3.8, 4) is 11.5 Å². The Bertz CT molecular complexity index is 1520. The van der Waals surface area contributed by atoms with Gasteiger partial charge in [0.25, 0.3) is 11.8 Å². The van der Waals surface area contributed by atoms with Gasteiger partial charge in [0.15, 0.2) is 5.11 Å². The van der Waals surface area contributed by atoms with E-state index in [9.17, 15) is 32.9 Å². The number of carbonyl (C=O) groups is 2. The second-order valence-corrected chi connectivity index (χ2v) is 8.82. The maximum atomic E-state index is 13.1. The smallest absolute Gasteiger partial charge is 0.416 e. The number of anilines is 1. The molecule has 1 saturated heterocycles. The lowest BCUT2D eigenvalue weighted by Crippen LogP contribution is -2.54. The number of nitro groups is 1. The molecular weight excluding hydrogens is 547 g/mol. The molecule has 0 spiro atoms. The molecule has 0 bridgehead atoms. The fourth-order valence-electron chi connectivity index (χ4n) is 3.48. The molecule has 0 radical (unpaired) electrons. The molecule has 1 aliphatic rings. The molecule has 13 heteroatoms. The standard InChI is InChI=1S/C25H15ClF3N3O5S/c1-13-2-6-16(7-3-13)31-23(34)17(22(33)30-24(31)38)10-14-4-8-20(18(26)11-14)37-21-9-5-15(25(27,28)29)12-19(21)32(35)36/h2-12H,1H3,(H,30,33,38)/b17-10+. The van der Waals surface area contributed by atoms with Crippen molar-refractivity contribution in [2.75, 3.05) is 4.90 Å². The minimum absolute atomic E-state index is 0.0804. The monoisotopic (exact) mass is 561 g/mol. The molecule has 1 aliphatic heterocycles. The largest absolute Gasteiger partial charge is 0.449 e. The molecule has 0 aromatic heterocycles. The Kier molecular flexibility index (Phi) is 7.20. The van der Waals surface area contributed by atoms with E-state index in [0.717, 1.165) is 11.6 Å². The van der Waals surface area contributed by atoms with Crippen LogP contribution in [0, 0.1) is 17.0 Å². The molecule has 8 nitrogen and oxygen atoms in total. The average Bonchev–Trinajstić information content (AvgIpc) is 2.84. The third-order valence-corrected chi connectivity index (χ3v) is 5.94. The van der Waals surface area contributed by atoms with Crippen LogP contribution in [0.25, 0.3) is 6.08 Å². The molecule has 38 heavy (non-hydrogen) atoms. The normalized spacial score (nSPS) is 15.0. The number of nitro benzene ring substituents is 1. The highest BCUT2D eigenvalue weighted by Crippen LogP contribution is 2.39. The topological polar surface area (TPSA) is 102 Å². The van der Waals surface area contributed by atoms with E-state index in [4.69, 9.17) is 28.6 Å². The summed E-state index contributed by atoms with van der Waals surface area (Å²) in [7, 11) is 0. The summed E-state index contributed by atoms with van der Waals surface area (Å²) in [5.41, 5.74) is -0.626. The Hall–Kier alpha value is -4.29. The number of amides is 2. The number of benzene rings is 3. The second kappa shape index (κ2) is 10.2. The van der Waals surface area contributed by atoms with E-state index in [-0.39, 0.29) is 21.5 Å². The molecule has 0 aliphatic carbocycles. The number of thiocarbonyl (C=S) groups is 1. The van der Waals surface area contributed by atoms with Gasteiger partial charge in [-0.1, -0.05) is 35.4 Å². The van der Waals surface area contributed by atoms with E-state index in [0.29, 0.717) is 23.4 Å². The van der Waals surface area contributed by atoms with Gasteiger partial charge in [-0.05, 0) is 67.2 Å². The maximum absolute atomic E-state index is 13.1. The third-order valence-electron chi connectivity index (χ3n) is 5.36. The molecule has 3 aromatic rings. The van der Waals surface area contributed by atoms with Crippen LogP contribution in [-0.4, -0.2) is 21.9 Å². The lowest BCUT2D eigenvalue weighted by molar-refractivity contribution is -0.385. The van der Waals surface area contributed by atoms with Crippen LogP contribution in [0.1, 0.15) is 16.7 Å². The van der Waals surface area contributed by atoms with Crippen LogP contribution in [0.2, 0.25) is 5.02 Å². The van der Waals surface area contributed by atoms with Gasteiger partial charge in [0.05, 0.1) is 21.2 Å². The average molecular weight is 562 g/mol. The van der Waals surface area contributed by atoms with Crippen molar-refractivity contribution in [1.29, 1.82) is 0 Å². The summed E-state index contributed by atoms with van der Waals surface area (Å²) < 4.78 is 44.3. The van der Waals surface area contributed by atoms with Crippen molar-refractivity contribution in [1.82, 2.24) is 5.32 Å². The maximum Gasteiger partial charge on any atom is 0.416 e. The van der Waals surface area contributed by atoms with E-state index in [1.165, 1.54) is 29.2 Å². The Morgan fingerprint density at radius 3 is 2.32 bits per heavy atom. The SMILES string of the molecule is Cc1ccc(N2C(=O)/C(=C/c3ccc(Oc4ccc(C(F)(F)F)cc4[N+](=O)[O-])c(Cl)c3)C(=O)NC2=S)cc1. The molecule has 1 N–H and O–H groups in total. The molecule has 4 rings (SSSR count). The van der Waals surface area contributed by atoms with E-state index in [1.54, 1.807) is 24.3 Å². The van der Waals surface area contributed by atoms with Gasteiger partial charge in [0, 0.05) is 6.07 Å². The van der Waals surface area contributed by atoms with Gasteiger partial charge < -0.3 is 4.74 Å². The summed E-state index contributed by atoms with van der Waals surface area (Å²) in [6, 6.07) is 12.8. The molecule has 0 unspecified atom stereocenters. The van der Waals surface area contributed by atoms with Crippen LogP contribution in [0.5, 0.6) is 11.5 Å². The third kappa shape index (κ3) is 5.50. The molecule has 3 aromatic carbocycles. The van der Waals surface area contributed by atoms with Crippen molar-refractivity contribution in [3.63, 3.8) is 0 Å². The van der Waals surface area contributed by atoms with Crippen LogP contribution in [-0.2, 0) is 15.8 Å². The summed E-state index contributed by atoms with van der Waals surface area (Å²) >= 11 is 11.4. The number of carbonyl (C=O) groups excluding carboxylic acids is 2. The Labute approximate surface area is 223 Å². The number of alkyl halides is 3. The number of hydrogen-bond donors (Lipinski definition) is 1. The molecule has 1 fully saturated rings. The highest BCUT2D eigenvalue weighted by atomic mass is 35.5. The Balaban J connectivity index is 1.63. The zero-order valence-electron chi connectivity index (χ0n) is 19.2. The summed E-state index contributed by atoms with van der Waals surface area (Å²) in [6.45, 7) is 1.88. The summed E-state index contributed by atoms with van der Waals surface area (Å²) in [5, 5.41) is 13.6. The number of halogens is 4. The molecule has 1 heterocycles. The number of ether oxygens (including phenoxy) is 1. The highest BCUT2D eigenvalue weighted by molar-refractivity contribution is 7.80. The van der Waals surface area contributed by atoms with Crippen LogP contribution >= 0.6 is 23.8 Å². The molecule has 2 amide bonds. The van der Waals surface area contributed by atoms with E-state index >= 15 is 0 Å². The predicted molar refractivity (Wildman–Crippen MR) is 137 cm³/mol. The van der Waals surface area contributed by atoms with Gasteiger partial charge in [-0.3, -0.25) is 29.9 Å². The second-order valence-electron chi connectivity index (χ2n) is 8.02. The summed E-state index contributed by atoms with van der Waals surface area (Å²) in [5.74, 6) is -1.95. The quantitative estimate of drug-likeness (QED) is 0.131. The number of nitrogens with zero attached hydrogens (tertiary/aromatic N) is 2. The van der Waals surface area contributed by atoms with Gasteiger partial charge in [-0.15, -0.1) is 0 Å². The number of aryl methyl sites for hydroxylation is 1. The van der Waals surface area contributed by atoms with Gasteiger partial charge in [0.1, 0.15) is 11.3 Å². The molecular formula is C25H15ClF3N3O5S. The molecule has 0 saturated carbocycles. The van der Waals surface area contributed by atoms with Crippen molar-refractivity contribution in [3.05, 3.63) is 98.1 Å². The first-order valence-electron chi connectivity index (χ1n) is 10.7. The zero-order valence-corrected chi connectivity index (χ0v) is 20.8. The van der Waals surface area contributed by atoms with Crippen molar-refractivity contribution in [2.24, 2.45) is 0 Å². The number of hydrogen-bond acceptors (Lipinski definition) is 6.